The van der Waals surface area contributed by atoms with Crippen molar-refractivity contribution < 1.29 is 33.8 Å². The fraction of sp³-hybridized carbons (Fsp3) is 0.111. The van der Waals surface area contributed by atoms with Crippen molar-refractivity contribution in [2.45, 2.75) is 13.5 Å². The van der Waals surface area contributed by atoms with E-state index in [9.17, 15) is 24.3 Å². The summed E-state index contributed by atoms with van der Waals surface area (Å²) in [5, 5.41) is 13.0. The number of hydrogen-bond acceptors (Lipinski definition) is 7. The molecule has 36 heavy (non-hydrogen) atoms. The lowest BCUT2D eigenvalue weighted by Crippen LogP contribution is -2.54. The Morgan fingerprint density at radius 3 is 2.11 bits per heavy atom. The molecule has 182 valence electrons. The second kappa shape index (κ2) is 10.6. The summed E-state index contributed by atoms with van der Waals surface area (Å²) in [4.78, 5) is 49.5. The number of barbiturate groups is 1. The van der Waals surface area contributed by atoms with E-state index in [2.05, 4.69) is 5.32 Å². The van der Waals surface area contributed by atoms with Gasteiger partial charge in [0, 0.05) is 0 Å². The number of nitrogens with one attached hydrogen (secondary N) is 1. The highest BCUT2D eigenvalue weighted by Gasteiger charge is 2.36. The summed E-state index contributed by atoms with van der Waals surface area (Å²) in [6.07, 6.45) is 1.40. The van der Waals surface area contributed by atoms with Crippen molar-refractivity contribution >= 4 is 35.6 Å². The number of carboxylic acids is 1. The summed E-state index contributed by atoms with van der Waals surface area (Å²) in [7, 11) is 0. The molecule has 0 aromatic heterocycles. The molecule has 3 aromatic rings. The van der Waals surface area contributed by atoms with Gasteiger partial charge in [0.2, 0.25) is 0 Å². The van der Waals surface area contributed by atoms with Gasteiger partial charge in [-0.3, -0.25) is 14.9 Å². The van der Waals surface area contributed by atoms with Gasteiger partial charge in [0.15, 0.2) is 0 Å². The minimum absolute atomic E-state index is 0.0835. The fourth-order valence-electron chi connectivity index (χ4n) is 3.48. The third-order valence-corrected chi connectivity index (χ3v) is 5.29. The largest absolute Gasteiger partial charge is 0.545 e. The number of carbonyl (C=O) groups excluding carboxylic acids is 4. The van der Waals surface area contributed by atoms with Crippen LogP contribution in [-0.2, 0) is 16.2 Å². The number of anilines is 1. The van der Waals surface area contributed by atoms with Gasteiger partial charge in [-0.05, 0) is 66.1 Å². The number of amides is 4. The van der Waals surface area contributed by atoms with E-state index in [1.807, 2.05) is 6.92 Å². The molecule has 1 fully saturated rings. The molecule has 0 unspecified atom stereocenters. The summed E-state index contributed by atoms with van der Waals surface area (Å²) in [5.74, 6) is -1.65. The lowest BCUT2D eigenvalue weighted by atomic mass is 10.1. The molecule has 0 spiro atoms. The zero-order valence-electron chi connectivity index (χ0n) is 19.2. The molecule has 9 heteroatoms. The Kier molecular flexibility index (Phi) is 7.10. The topological polar surface area (TPSA) is 125 Å². The number of ether oxygens (including phenoxy) is 2. The summed E-state index contributed by atoms with van der Waals surface area (Å²) < 4.78 is 11.1. The summed E-state index contributed by atoms with van der Waals surface area (Å²) in [6, 6.07) is 18.4. The van der Waals surface area contributed by atoms with E-state index >= 15 is 0 Å². The molecule has 4 amide bonds. The third-order valence-electron chi connectivity index (χ3n) is 5.29. The SMILES string of the molecule is CCOc1ccc(N2C(=O)NC(=O)/C(=C/c3ccc(OCc4ccc(C(=O)[O-])cc4)cc3)C2=O)cc1. The molecule has 1 aliphatic heterocycles. The van der Waals surface area contributed by atoms with Gasteiger partial charge in [-0.2, -0.15) is 0 Å². The summed E-state index contributed by atoms with van der Waals surface area (Å²) in [6.45, 7) is 2.54. The monoisotopic (exact) mass is 485 g/mol. The lowest BCUT2D eigenvalue weighted by Gasteiger charge is -2.26. The van der Waals surface area contributed by atoms with Gasteiger partial charge in [-0.15, -0.1) is 0 Å². The maximum absolute atomic E-state index is 13.0. The first kappa shape index (κ1) is 24.2. The Morgan fingerprint density at radius 2 is 1.50 bits per heavy atom. The van der Waals surface area contributed by atoms with Crippen LogP contribution in [0.15, 0.2) is 78.4 Å². The molecule has 4 rings (SSSR count). The number of imide groups is 2. The van der Waals surface area contributed by atoms with Crippen LogP contribution >= 0.6 is 0 Å². The van der Waals surface area contributed by atoms with E-state index in [4.69, 9.17) is 9.47 Å². The van der Waals surface area contributed by atoms with E-state index in [0.717, 1.165) is 10.5 Å². The van der Waals surface area contributed by atoms with Crippen molar-refractivity contribution in [2.75, 3.05) is 11.5 Å². The molecular formula is C27H21N2O7-. The second-order valence-corrected chi connectivity index (χ2v) is 7.73. The van der Waals surface area contributed by atoms with Gasteiger partial charge in [0.05, 0.1) is 18.3 Å². The van der Waals surface area contributed by atoms with Crippen LogP contribution in [0.25, 0.3) is 6.08 Å². The van der Waals surface area contributed by atoms with Crippen LogP contribution < -0.4 is 24.8 Å². The average Bonchev–Trinajstić information content (AvgIpc) is 2.87. The van der Waals surface area contributed by atoms with Gasteiger partial charge >= 0.3 is 6.03 Å². The molecule has 0 saturated carbocycles. The van der Waals surface area contributed by atoms with Crippen molar-refractivity contribution in [3.8, 4) is 11.5 Å². The Labute approximate surface area is 206 Å². The van der Waals surface area contributed by atoms with Crippen molar-refractivity contribution in [3.63, 3.8) is 0 Å². The molecule has 3 aromatic carbocycles. The number of carbonyl (C=O) groups is 4. The minimum Gasteiger partial charge on any atom is -0.545 e. The predicted molar refractivity (Wildman–Crippen MR) is 128 cm³/mol. The number of carboxylic acid groups (broad SMARTS) is 1. The highest BCUT2D eigenvalue weighted by Crippen LogP contribution is 2.25. The number of hydrogen-bond donors (Lipinski definition) is 1. The van der Waals surface area contributed by atoms with Crippen LogP contribution in [0.3, 0.4) is 0 Å². The summed E-state index contributed by atoms with van der Waals surface area (Å²) >= 11 is 0. The van der Waals surface area contributed by atoms with Crippen molar-refractivity contribution in [1.29, 1.82) is 0 Å². The van der Waals surface area contributed by atoms with Gasteiger partial charge < -0.3 is 19.4 Å². The van der Waals surface area contributed by atoms with Crippen LogP contribution in [0.5, 0.6) is 11.5 Å². The zero-order valence-corrected chi connectivity index (χ0v) is 19.2. The predicted octanol–water partition coefficient (Wildman–Crippen LogP) is 2.69. The van der Waals surface area contributed by atoms with Gasteiger partial charge in [0.1, 0.15) is 23.7 Å². The molecule has 0 radical (unpaired) electrons. The quantitative estimate of drug-likeness (QED) is 0.384. The van der Waals surface area contributed by atoms with Crippen molar-refractivity contribution in [3.05, 3.63) is 95.1 Å². The smallest absolute Gasteiger partial charge is 0.335 e. The van der Waals surface area contributed by atoms with Gasteiger partial charge in [0.25, 0.3) is 11.8 Å². The lowest BCUT2D eigenvalue weighted by molar-refractivity contribution is -0.255. The summed E-state index contributed by atoms with van der Waals surface area (Å²) in [5.41, 5.74) is 1.52. The molecule has 9 nitrogen and oxygen atoms in total. The highest BCUT2D eigenvalue weighted by atomic mass is 16.5. The fourth-order valence-corrected chi connectivity index (χ4v) is 3.48. The van der Waals surface area contributed by atoms with Crippen LogP contribution in [0.1, 0.15) is 28.4 Å². The highest BCUT2D eigenvalue weighted by molar-refractivity contribution is 6.39. The molecule has 0 bridgehead atoms. The zero-order chi connectivity index (χ0) is 25.7. The molecular weight excluding hydrogens is 464 g/mol. The van der Waals surface area contributed by atoms with Crippen LogP contribution in [0.2, 0.25) is 0 Å². The average molecular weight is 485 g/mol. The van der Waals surface area contributed by atoms with E-state index < -0.39 is 23.8 Å². The van der Waals surface area contributed by atoms with Crippen molar-refractivity contribution in [2.24, 2.45) is 0 Å². The maximum Gasteiger partial charge on any atom is 0.335 e. The third kappa shape index (κ3) is 5.41. The van der Waals surface area contributed by atoms with Gasteiger partial charge in [-0.25, -0.2) is 9.69 Å². The number of rotatable bonds is 8. The Morgan fingerprint density at radius 1 is 0.889 bits per heavy atom. The standard InChI is InChI=1S/C27H22N2O7/c1-2-35-21-13-9-20(10-14-21)29-25(31)23(24(30)28-27(29)34)15-17-5-11-22(12-6-17)36-16-18-3-7-19(8-4-18)26(32)33/h3-15H,2,16H2,1H3,(H,32,33)(H,28,30,34)/p-1/b23-15-. The molecule has 1 heterocycles. The van der Waals surface area contributed by atoms with Crippen LogP contribution in [-0.4, -0.2) is 30.4 Å². The number of urea groups is 1. The molecule has 1 saturated heterocycles. The normalized spacial score (nSPS) is 14.5. The Balaban J connectivity index is 1.46. The van der Waals surface area contributed by atoms with E-state index in [1.54, 1.807) is 60.7 Å². The maximum atomic E-state index is 13.0. The van der Waals surface area contributed by atoms with E-state index in [0.29, 0.717) is 29.4 Å². The van der Waals surface area contributed by atoms with E-state index in [1.165, 1.54) is 18.2 Å². The Bertz CT molecular complexity index is 1330. The van der Waals surface area contributed by atoms with Crippen LogP contribution in [0, 0.1) is 0 Å². The minimum atomic E-state index is -1.25. The molecule has 1 aliphatic rings. The first-order valence-corrected chi connectivity index (χ1v) is 11.0. The van der Waals surface area contributed by atoms with E-state index in [-0.39, 0.29) is 17.7 Å². The molecule has 0 atom stereocenters. The first-order chi connectivity index (χ1) is 17.4. The first-order valence-electron chi connectivity index (χ1n) is 11.0. The van der Waals surface area contributed by atoms with Crippen molar-refractivity contribution in [1.82, 2.24) is 5.32 Å². The second-order valence-electron chi connectivity index (χ2n) is 7.73. The Hall–Kier alpha value is -4.92. The molecule has 0 aliphatic carbocycles. The number of aromatic carboxylic acids is 1. The van der Waals surface area contributed by atoms with Gasteiger partial charge in [-0.1, -0.05) is 36.4 Å². The molecule has 1 N–H and O–H groups in total. The van der Waals surface area contributed by atoms with Crippen LogP contribution in [0.4, 0.5) is 10.5 Å². The number of benzene rings is 3. The number of nitrogens with zero attached hydrogens (tertiary/aromatic N) is 1.